The van der Waals surface area contributed by atoms with Crippen LogP contribution in [0, 0.1) is 11.3 Å². The number of esters is 2. The van der Waals surface area contributed by atoms with E-state index in [-0.39, 0.29) is 19.4 Å². The maximum Gasteiger partial charge on any atom is 0.338 e. The topological polar surface area (TPSA) is 170 Å². The van der Waals surface area contributed by atoms with Crippen LogP contribution in [0.2, 0.25) is 0 Å². The van der Waals surface area contributed by atoms with Crippen LogP contribution in [0.4, 0.5) is 0 Å². The summed E-state index contributed by atoms with van der Waals surface area (Å²) in [6, 6.07) is 16.7. The van der Waals surface area contributed by atoms with Crippen molar-refractivity contribution in [2.45, 2.75) is 73.8 Å². The minimum Gasteiger partial charge on any atom is -0.461 e. The van der Waals surface area contributed by atoms with Gasteiger partial charge in [0.1, 0.15) is 48.8 Å². The zero-order valence-electron chi connectivity index (χ0n) is 22.7. The van der Waals surface area contributed by atoms with E-state index < -0.39 is 83.9 Å². The first-order valence-electron chi connectivity index (χ1n) is 13.9. The summed E-state index contributed by atoms with van der Waals surface area (Å²) >= 11 is 0. The zero-order chi connectivity index (χ0) is 29.5. The molecule has 6 bridgehead atoms. The first-order chi connectivity index (χ1) is 20.0. The summed E-state index contributed by atoms with van der Waals surface area (Å²) in [6.45, 7) is 1.12. The molecule has 7 fully saturated rings. The lowest BCUT2D eigenvalue weighted by Gasteiger charge is -2.67. The van der Waals surface area contributed by atoms with Crippen molar-refractivity contribution < 1.29 is 58.4 Å². The maximum absolute atomic E-state index is 12.9. The molecule has 3 saturated carbocycles. The quantitative estimate of drug-likeness (QED) is 0.318. The molecule has 9 rings (SSSR count). The number of carbonyl (C=O) groups excluding carboxylic acids is 2. The fraction of sp³-hybridized carbons (Fsp3) is 0.533. The highest BCUT2D eigenvalue weighted by molar-refractivity contribution is 5.89. The number of ether oxygens (including phenoxy) is 6. The molecule has 2 aromatic carbocycles. The second-order valence-corrected chi connectivity index (χ2v) is 12.0. The highest BCUT2D eigenvalue weighted by atomic mass is 16.8. The van der Waals surface area contributed by atoms with Gasteiger partial charge >= 0.3 is 11.9 Å². The van der Waals surface area contributed by atoms with Crippen molar-refractivity contribution in [3.63, 3.8) is 0 Å². The Labute approximate surface area is 240 Å². The normalized spacial score (nSPS) is 44.5. The van der Waals surface area contributed by atoms with Gasteiger partial charge in [0, 0.05) is 12.3 Å². The Balaban J connectivity index is 1.13. The van der Waals surface area contributed by atoms with Gasteiger partial charge in [-0.25, -0.2) is 9.59 Å². The highest BCUT2D eigenvalue weighted by Crippen LogP contribution is 2.81. The first kappa shape index (κ1) is 27.9. The molecule has 224 valence electrons. The van der Waals surface area contributed by atoms with Crippen LogP contribution in [-0.4, -0.2) is 99.6 Å². The summed E-state index contributed by atoms with van der Waals surface area (Å²) in [5, 5.41) is 43.6. The molecule has 4 saturated heterocycles. The summed E-state index contributed by atoms with van der Waals surface area (Å²) in [5.74, 6) is -3.25. The molecule has 4 heterocycles. The average molecular weight is 585 g/mol. The lowest BCUT2D eigenvalue weighted by atomic mass is 9.41. The smallest absolute Gasteiger partial charge is 0.338 e. The van der Waals surface area contributed by atoms with Crippen molar-refractivity contribution in [2.24, 2.45) is 11.3 Å². The maximum atomic E-state index is 12.9. The standard InChI is InChI=1S/C30H32O12/c1-27-14-29(36)19-12-30(27,28(19,26(41-27)42-29)15-38-24(35)17-10-6-3-7-11-17)40-25-22(33)21(32)20(31)18(39-25)13-37-23(34)16-8-4-2-5-9-16/h2-11,18-22,25-26,31-33,36H,12-15H2,1H3/t18-,19+,20+,21+,22-,25+,26?,27+,28+,29-,30-/m1/s1. The van der Waals surface area contributed by atoms with Crippen LogP contribution in [-0.2, 0) is 28.4 Å². The molecular formula is C30H32O12. The van der Waals surface area contributed by atoms with E-state index in [2.05, 4.69) is 0 Å². The van der Waals surface area contributed by atoms with Gasteiger partial charge in [-0.2, -0.15) is 0 Å². The van der Waals surface area contributed by atoms with Gasteiger partial charge in [-0.15, -0.1) is 0 Å². The van der Waals surface area contributed by atoms with E-state index in [0.717, 1.165) is 0 Å². The average Bonchev–Trinajstić information content (AvgIpc) is 3.18. The van der Waals surface area contributed by atoms with Gasteiger partial charge in [0.25, 0.3) is 0 Å². The summed E-state index contributed by atoms with van der Waals surface area (Å²) < 4.78 is 35.7. The fourth-order valence-corrected chi connectivity index (χ4v) is 7.68. The van der Waals surface area contributed by atoms with Crippen LogP contribution in [0.3, 0.4) is 0 Å². The van der Waals surface area contributed by atoms with Crippen LogP contribution in [0.25, 0.3) is 0 Å². The molecule has 11 atom stereocenters. The Kier molecular flexibility index (Phi) is 6.32. The number of hydrogen-bond donors (Lipinski definition) is 4. The summed E-state index contributed by atoms with van der Waals surface area (Å²) in [5.41, 5.74) is -2.88. The van der Waals surface area contributed by atoms with Crippen molar-refractivity contribution in [1.82, 2.24) is 0 Å². The van der Waals surface area contributed by atoms with Crippen molar-refractivity contribution >= 4 is 11.9 Å². The molecule has 0 aromatic heterocycles. The van der Waals surface area contributed by atoms with Crippen molar-refractivity contribution in [3.05, 3.63) is 71.8 Å². The van der Waals surface area contributed by atoms with Crippen molar-refractivity contribution in [3.8, 4) is 0 Å². The number of carbonyl (C=O) groups is 2. The number of hydrogen-bond acceptors (Lipinski definition) is 12. The molecule has 1 unspecified atom stereocenters. The second kappa shape index (κ2) is 9.53. The summed E-state index contributed by atoms with van der Waals surface area (Å²) in [4.78, 5) is 25.4. The third-order valence-corrected chi connectivity index (χ3v) is 9.78. The van der Waals surface area contributed by atoms with E-state index in [4.69, 9.17) is 28.4 Å². The van der Waals surface area contributed by atoms with E-state index in [1.165, 1.54) is 0 Å². The molecule has 0 amide bonds. The van der Waals surface area contributed by atoms with Crippen LogP contribution in [0.5, 0.6) is 0 Å². The number of aliphatic hydroxyl groups excluding tert-OH is 3. The molecule has 0 radical (unpaired) electrons. The van der Waals surface area contributed by atoms with E-state index in [1.54, 1.807) is 67.6 Å². The largest absolute Gasteiger partial charge is 0.461 e. The molecule has 3 aliphatic carbocycles. The van der Waals surface area contributed by atoms with E-state index in [9.17, 15) is 30.0 Å². The van der Waals surface area contributed by atoms with Crippen LogP contribution < -0.4 is 0 Å². The summed E-state index contributed by atoms with van der Waals surface area (Å²) in [7, 11) is 0. The van der Waals surface area contributed by atoms with Crippen molar-refractivity contribution in [1.29, 1.82) is 0 Å². The second-order valence-electron chi connectivity index (χ2n) is 12.0. The van der Waals surface area contributed by atoms with Crippen LogP contribution in [0.15, 0.2) is 60.7 Å². The predicted octanol–water partition coefficient (Wildman–Crippen LogP) is 0.507. The predicted molar refractivity (Wildman–Crippen MR) is 138 cm³/mol. The minimum absolute atomic E-state index is 0.0572. The number of rotatable bonds is 8. The van der Waals surface area contributed by atoms with Gasteiger partial charge in [0.2, 0.25) is 0 Å². The first-order valence-corrected chi connectivity index (χ1v) is 13.9. The Hall–Kier alpha value is -2.94. The molecule has 4 aliphatic heterocycles. The lowest BCUT2D eigenvalue weighted by Crippen LogP contribution is -2.80. The molecular weight excluding hydrogens is 552 g/mol. The molecule has 0 spiro atoms. The van der Waals surface area contributed by atoms with Crippen molar-refractivity contribution in [2.75, 3.05) is 13.2 Å². The lowest BCUT2D eigenvalue weighted by molar-refractivity contribution is -0.424. The van der Waals surface area contributed by atoms with Gasteiger partial charge in [-0.05, 0) is 37.6 Å². The summed E-state index contributed by atoms with van der Waals surface area (Å²) in [6.07, 6.45) is -8.34. The Bertz CT molecular complexity index is 1370. The molecule has 12 heteroatoms. The minimum atomic E-state index is -1.69. The Morgan fingerprint density at radius 1 is 0.881 bits per heavy atom. The number of aliphatic hydroxyl groups is 4. The molecule has 4 N–H and O–H groups in total. The molecule has 7 aliphatic rings. The van der Waals surface area contributed by atoms with Gasteiger partial charge in [0.15, 0.2) is 18.4 Å². The Morgan fingerprint density at radius 3 is 2.14 bits per heavy atom. The van der Waals surface area contributed by atoms with Gasteiger partial charge in [-0.1, -0.05) is 36.4 Å². The number of benzene rings is 2. The van der Waals surface area contributed by atoms with Crippen LogP contribution in [0.1, 0.15) is 40.5 Å². The molecule has 12 nitrogen and oxygen atoms in total. The molecule has 2 aromatic rings. The fourth-order valence-electron chi connectivity index (χ4n) is 7.68. The van der Waals surface area contributed by atoms with Gasteiger partial charge in [0.05, 0.1) is 16.5 Å². The third kappa shape index (κ3) is 3.70. The van der Waals surface area contributed by atoms with E-state index >= 15 is 0 Å². The van der Waals surface area contributed by atoms with E-state index in [1.807, 2.05) is 0 Å². The van der Waals surface area contributed by atoms with E-state index in [0.29, 0.717) is 11.1 Å². The zero-order valence-corrected chi connectivity index (χ0v) is 22.7. The van der Waals surface area contributed by atoms with Crippen LogP contribution >= 0.6 is 0 Å². The Morgan fingerprint density at radius 2 is 1.50 bits per heavy atom. The van der Waals surface area contributed by atoms with Gasteiger partial charge in [-0.3, -0.25) is 0 Å². The third-order valence-electron chi connectivity index (χ3n) is 9.78. The van der Waals surface area contributed by atoms with Gasteiger partial charge < -0.3 is 48.8 Å². The SMILES string of the molecule is C[C@@]12C[C@@]3(O)OC(O1)[C@]1(COC(=O)c4ccccc4)[C@@H]3C[C@@]21O[C@@H]1O[C@H](COC(=O)c2ccccc2)[C@H](O)[C@H](O)[C@H]1O. The highest BCUT2D eigenvalue weighted by Gasteiger charge is 2.94. The monoisotopic (exact) mass is 584 g/mol. The molecule has 42 heavy (non-hydrogen) atoms.